The van der Waals surface area contributed by atoms with E-state index in [9.17, 15) is 9.59 Å². The summed E-state index contributed by atoms with van der Waals surface area (Å²) in [6, 6.07) is 16.7. The van der Waals surface area contributed by atoms with Crippen LogP contribution in [-0.2, 0) is 0 Å². The molecule has 0 radical (unpaired) electrons. The molecule has 2 aromatic heterocycles. The van der Waals surface area contributed by atoms with Gasteiger partial charge < -0.3 is 5.32 Å². The van der Waals surface area contributed by atoms with Gasteiger partial charge in [-0.1, -0.05) is 18.2 Å². The largest absolute Gasteiger partial charge is 0.330 e. The van der Waals surface area contributed by atoms with Gasteiger partial charge in [0.1, 0.15) is 5.82 Å². The van der Waals surface area contributed by atoms with Gasteiger partial charge in [-0.3, -0.25) is 14.6 Å². The first kappa shape index (κ1) is 17.2. The Morgan fingerprint density at radius 1 is 1.04 bits per heavy atom. The van der Waals surface area contributed by atoms with E-state index in [0.29, 0.717) is 29.5 Å². The fourth-order valence-corrected chi connectivity index (χ4v) is 3.73. The van der Waals surface area contributed by atoms with Gasteiger partial charge in [0.05, 0.1) is 16.8 Å². The van der Waals surface area contributed by atoms with Gasteiger partial charge in [0.25, 0.3) is 5.91 Å². The van der Waals surface area contributed by atoms with Gasteiger partial charge in [-0.15, -0.1) is 11.3 Å². The number of para-hydroxylation sites is 1. The molecular weight excluding hydrogens is 360 g/mol. The van der Waals surface area contributed by atoms with Crippen LogP contribution in [0.15, 0.2) is 60.8 Å². The summed E-state index contributed by atoms with van der Waals surface area (Å²) in [6.45, 7) is 3.14. The Balaban J connectivity index is 1.45. The third-order valence-corrected chi connectivity index (χ3v) is 5.32. The Labute approximate surface area is 161 Å². The second-order valence-electron chi connectivity index (χ2n) is 6.19. The lowest BCUT2D eigenvalue weighted by molar-refractivity contribution is 0.103. The number of nitrogens with zero attached hydrogens (tertiary/aromatic N) is 3. The predicted octanol–water partition coefficient (Wildman–Crippen LogP) is 4.15. The van der Waals surface area contributed by atoms with E-state index >= 15 is 0 Å². The van der Waals surface area contributed by atoms with E-state index in [-0.39, 0.29) is 11.9 Å². The average Bonchev–Trinajstić information content (AvgIpc) is 3.29. The van der Waals surface area contributed by atoms with Crippen molar-refractivity contribution in [1.82, 2.24) is 4.98 Å². The minimum Gasteiger partial charge on any atom is -0.320 e. The molecule has 1 aliphatic heterocycles. The van der Waals surface area contributed by atoms with E-state index in [1.165, 1.54) is 11.3 Å². The van der Waals surface area contributed by atoms with Crippen LogP contribution < -0.4 is 15.1 Å². The number of aryl methyl sites for hydroxylation is 1. The number of thiophene rings is 1. The zero-order chi connectivity index (χ0) is 18.8. The fraction of sp³-hybridized carbons (Fsp3) is 0.150. The molecule has 136 valence electrons. The number of amides is 3. The predicted molar refractivity (Wildman–Crippen MR) is 108 cm³/mol. The minimum absolute atomic E-state index is 0.0976. The van der Waals surface area contributed by atoms with E-state index in [4.69, 9.17) is 0 Å². The molecule has 27 heavy (non-hydrogen) atoms. The first-order valence-corrected chi connectivity index (χ1v) is 9.41. The number of pyridine rings is 1. The molecule has 1 saturated heterocycles. The molecule has 7 heteroatoms. The Morgan fingerprint density at radius 2 is 1.81 bits per heavy atom. The molecule has 0 unspecified atom stereocenters. The molecule has 0 spiro atoms. The summed E-state index contributed by atoms with van der Waals surface area (Å²) in [7, 11) is 0. The third-order valence-electron chi connectivity index (χ3n) is 4.32. The van der Waals surface area contributed by atoms with E-state index in [2.05, 4.69) is 10.3 Å². The zero-order valence-electron chi connectivity index (χ0n) is 14.8. The molecule has 1 fully saturated rings. The normalized spacial score (nSPS) is 13.9. The summed E-state index contributed by atoms with van der Waals surface area (Å²) in [6.07, 6.45) is 1.58. The van der Waals surface area contributed by atoms with Crippen molar-refractivity contribution < 1.29 is 9.59 Å². The van der Waals surface area contributed by atoms with Gasteiger partial charge in [-0.05, 0) is 43.3 Å². The highest BCUT2D eigenvalue weighted by molar-refractivity contribution is 7.14. The molecular formula is C20H18N4O2S. The number of rotatable bonds is 4. The second-order valence-corrected chi connectivity index (χ2v) is 7.48. The highest BCUT2D eigenvalue weighted by Crippen LogP contribution is 2.24. The fourth-order valence-electron chi connectivity index (χ4n) is 2.97. The minimum atomic E-state index is -0.157. The van der Waals surface area contributed by atoms with Crippen LogP contribution in [0.5, 0.6) is 0 Å². The first-order valence-electron chi connectivity index (χ1n) is 8.60. The second kappa shape index (κ2) is 7.20. The van der Waals surface area contributed by atoms with Crippen molar-refractivity contribution in [3.63, 3.8) is 0 Å². The SMILES string of the molecule is Cc1ccc(C(=O)Nc2ccc(N3CCN(c4ccccc4)C3=O)nc2)s1. The molecule has 1 N–H and O–H groups in total. The highest BCUT2D eigenvalue weighted by Gasteiger charge is 2.31. The smallest absolute Gasteiger partial charge is 0.320 e. The van der Waals surface area contributed by atoms with Crippen molar-refractivity contribution in [1.29, 1.82) is 0 Å². The van der Waals surface area contributed by atoms with Crippen molar-refractivity contribution in [3.8, 4) is 0 Å². The number of anilines is 3. The molecule has 1 aliphatic rings. The third kappa shape index (κ3) is 3.54. The van der Waals surface area contributed by atoms with Crippen molar-refractivity contribution in [2.75, 3.05) is 28.2 Å². The van der Waals surface area contributed by atoms with E-state index in [1.54, 1.807) is 34.2 Å². The number of aromatic nitrogens is 1. The Kier molecular flexibility index (Phi) is 4.60. The van der Waals surface area contributed by atoms with E-state index < -0.39 is 0 Å². The molecule has 0 bridgehead atoms. The number of nitrogens with one attached hydrogen (secondary N) is 1. The standard InChI is InChI=1S/C20H18N4O2S/c1-14-7-9-17(27-14)19(25)22-15-8-10-18(21-13-15)24-12-11-23(20(24)26)16-5-3-2-4-6-16/h2-10,13H,11-12H2,1H3,(H,22,25). The quantitative estimate of drug-likeness (QED) is 0.742. The van der Waals surface area contributed by atoms with Crippen LogP contribution in [0.3, 0.4) is 0 Å². The van der Waals surface area contributed by atoms with Crippen LogP contribution >= 0.6 is 11.3 Å². The highest BCUT2D eigenvalue weighted by atomic mass is 32.1. The molecule has 3 amide bonds. The van der Waals surface area contributed by atoms with Gasteiger partial charge in [0, 0.05) is 23.7 Å². The van der Waals surface area contributed by atoms with Crippen molar-refractivity contribution >= 4 is 40.5 Å². The Bertz CT molecular complexity index is 969. The summed E-state index contributed by atoms with van der Waals surface area (Å²) >= 11 is 1.45. The maximum atomic E-state index is 12.7. The van der Waals surface area contributed by atoms with E-state index in [0.717, 1.165) is 10.6 Å². The first-order chi connectivity index (χ1) is 13.1. The number of carbonyl (C=O) groups is 2. The number of hydrogen-bond acceptors (Lipinski definition) is 4. The molecule has 0 aliphatic carbocycles. The summed E-state index contributed by atoms with van der Waals surface area (Å²) < 4.78 is 0. The van der Waals surface area contributed by atoms with E-state index in [1.807, 2.05) is 43.3 Å². The molecule has 4 rings (SSSR count). The number of benzene rings is 1. The van der Waals surface area contributed by atoms with Gasteiger partial charge in [-0.2, -0.15) is 0 Å². The van der Waals surface area contributed by atoms with Crippen molar-refractivity contribution in [2.24, 2.45) is 0 Å². The molecule has 6 nitrogen and oxygen atoms in total. The molecule has 3 aromatic rings. The van der Waals surface area contributed by atoms with Crippen LogP contribution in [0.25, 0.3) is 0 Å². The van der Waals surface area contributed by atoms with Gasteiger partial charge in [0.2, 0.25) is 0 Å². The summed E-state index contributed by atoms with van der Waals surface area (Å²) in [5.41, 5.74) is 1.47. The lowest BCUT2D eigenvalue weighted by Crippen LogP contribution is -2.32. The number of hydrogen-bond donors (Lipinski definition) is 1. The number of urea groups is 1. The average molecular weight is 378 g/mol. The summed E-state index contributed by atoms with van der Waals surface area (Å²) in [5.74, 6) is 0.415. The molecule has 3 heterocycles. The number of carbonyl (C=O) groups excluding carboxylic acids is 2. The molecule has 0 saturated carbocycles. The maximum Gasteiger partial charge on any atom is 0.330 e. The van der Waals surface area contributed by atoms with Crippen molar-refractivity contribution in [3.05, 3.63) is 70.5 Å². The Hall–Kier alpha value is -3.19. The van der Waals surface area contributed by atoms with Crippen LogP contribution in [0.2, 0.25) is 0 Å². The lowest BCUT2D eigenvalue weighted by atomic mass is 10.3. The van der Waals surface area contributed by atoms with Crippen molar-refractivity contribution in [2.45, 2.75) is 6.92 Å². The van der Waals surface area contributed by atoms with Gasteiger partial charge in [-0.25, -0.2) is 9.78 Å². The molecule has 1 aromatic carbocycles. The lowest BCUT2D eigenvalue weighted by Gasteiger charge is -2.18. The van der Waals surface area contributed by atoms with Crippen LogP contribution in [0.4, 0.5) is 22.0 Å². The maximum absolute atomic E-state index is 12.7. The van der Waals surface area contributed by atoms with Crippen LogP contribution in [0.1, 0.15) is 14.5 Å². The summed E-state index contributed by atoms with van der Waals surface area (Å²) in [5, 5.41) is 2.83. The Morgan fingerprint density at radius 3 is 2.48 bits per heavy atom. The monoisotopic (exact) mass is 378 g/mol. The van der Waals surface area contributed by atoms with Crippen LogP contribution in [0, 0.1) is 6.92 Å². The molecule has 0 atom stereocenters. The van der Waals surface area contributed by atoms with Gasteiger partial charge >= 0.3 is 6.03 Å². The topological polar surface area (TPSA) is 65.5 Å². The zero-order valence-corrected chi connectivity index (χ0v) is 15.6. The summed E-state index contributed by atoms with van der Waals surface area (Å²) in [4.78, 5) is 34.4. The van der Waals surface area contributed by atoms with Crippen LogP contribution in [-0.4, -0.2) is 30.0 Å². The van der Waals surface area contributed by atoms with Gasteiger partial charge in [0.15, 0.2) is 0 Å².